The number of ether oxygens (including phenoxy) is 1. The summed E-state index contributed by atoms with van der Waals surface area (Å²) in [6.07, 6.45) is 7.94. The zero-order valence-corrected chi connectivity index (χ0v) is 16.6. The van der Waals surface area contributed by atoms with Crippen molar-refractivity contribution in [2.75, 3.05) is 33.3 Å². The molecule has 1 aliphatic carbocycles. The molecule has 1 N–H and O–H groups in total. The van der Waals surface area contributed by atoms with E-state index in [0.717, 1.165) is 64.7 Å². The molecule has 8 nitrogen and oxygen atoms in total. The van der Waals surface area contributed by atoms with Gasteiger partial charge in [-0.2, -0.15) is 0 Å². The molecular formula is C20H30N4O4. The highest BCUT2D eigenvalue weighted by Crippen LogP contribution is 2.26. The second-order valence-corrected chi connectivity index (χ2v) is 8.24. The van der Waals surface area contributed by atoms with E-state index in [1.165, 1.54) is 13.4 Å². The lowest BCUT2D eigenvalue weighted by Gasteiger charge is -2.41. The molecule has 0 aromatic carbocycles. The summed E-state index contributed by atoms with van der Waals surface area (Å²) in [6.45, 7) is 4.54. The summed E-state index contributed by atoms with van der Waals surface area (Å²) in [6, 6.07) is 0.990. The fourth-order valence-electron chi connectivity index (χ4n) is 4.31. The van der Waals surface area contributed by atoms with Gasteiger partial charge in [-0.3, -0.25) is 14.6 Å². The van der Waals surface area contributed by atoms with Crippen molar-refractivity contribution in [1.82, 2.24) is 20.1 Å². The Morgan fingerprint density at radius 1 is 1.21 bits per heavy atom. The molecule has 1 saturated carbocycles. The number of aromatic nitrogens is 1. The van der Waals surface area contributed by atoms with Crippen molar-refractivity contribution >= 4 is 11.9 Å². The van der Waals surface area contributed by atoms with Crippen LogP contribution in [0.15, 0.2) is 10.7 Å². The molecular weight excluding hydrogens is 360 g/mol. The first-order chi connectivity index (χ1) is 13.6. The zero-order chi connectivity index (χ0) is 19.5. The fraction of sp³-hybridized carbons (Fsp3) is 0.750. The Morgan fingerprint density at radius 2 is 2.00 bits per heavy atom. The number of esters is 1. The maximum absolute atomic E-state index is 12.4. The van der Waals surface area contributed by atoms with Crippen LogP contribution in [0.2, 0.25) is 0 Å². The molecule has 0 bridgehead atoms. The summed E-state index contributed by atoms with van der Waals surface area (Å²) in [4.78, 5) is 32.9. The Balaban J connectivity index is 1.23. The van der Waals surface area contributed by atoms with Crippen LogP contribution in [-0.4, -0.2) is 72.0 Å². The average molecular weight is 390 g/mol. The zero-order valence-electron chi connectivity index (χ0n) is 16.6. The summed E-state index contributed by atoms with van der Waals surface area (Å²) in [5, 5.41) is 3.17. The molecule has 3 fully saturated rings. The van der Waals surface area contributed by atoms with Crippen LogP contribution in [0.5, 0.6) is 0 Å². The third-order valence-corrected chi connectivity index (χ3v) is 6.13. The van der Waals surface area contributed by atoms with Gasteiger partial charge < -0.3 is 14.5 Å². The number of rotatable bonds is 6. The average Bonchev–Trinajstić information content (AvgIpc) is 3.42. The van der Waals surface area contributed by atoms with Crippen molar-refractivity contribution < 1.29 is 18.7 Å². The van der Waals surface area contributed by atoms with E-state index in [9.17, 15) is 9.59 Å². The van der Waals surface area contributed by atoms with Gasteiger partial charge >= 0.3 is 5.97 Å². The number of likely N-dealkylation sites (tertiary alicyclic amines) is 2. The molecule has 3 heterocycles. The van der Waals surface area contributed by atoms with E-state index in [-0.39, 0.29) is 17.5 Å². The van der Waals surface area contributed by atoms with Gasteiger partial charge in [-0.15, -0.1) is 0 Å². The van der Waals surface area contributed by atoms with Gasteiger partial charge in [0.05, 0.1) is 19.6 Å². The van der Waals surface area contributed by atoms with Crippen molar-refractivity contribution in [2.45, 2.75) is 57.2 Å². The van der Waals surface area contributed by atoms with Gasteiger partial charge in [0.25, 0.3) is 0 Å². The van der Waals surface area contributed by atoms with Crippen LogP contribution in [0.3, 0.4) is 0 Å². The predicted octanol–water partition coefficient (Wildman–Crippen LogP) is 1.42. The maximum Gasteiger partial charge on any atom is 0.360 e. The minimum atomic E-state index is -0.473. The number of hydrogen-bond donors (Lipinski definition) is 1. The Bertz CT molecular complexity index is 694. The topological polar surface area (TPSA) is 87.9 Å². The van der Waals surface area contributed by atoms with Gasteiger partial charge in [-0.05, 0) is 45.1 Å². The SMILES string of the molecule is COC(=O)c1coc(CN2CCC(N3CCCC(C(=O)NC4CC4)C3)CC2)n1. The number of oxazole rings is 1. The first-order valence-electron chi connectivity index (χ1n) is 10.4. The quantitative estimate of drug-likeness (QED) is 0.735. The number of methoxy groups -OCH3 is 1. The molecule has 0 radical (unpaired) electrons. The molecule has 2 saturated heterocycles. The number of hydrogen-bond acceptors (Lipinski definition) is 7. The van der Waals surface area contributed by atoms with E-state index in [0.29, 0.717) is 24.5 Å². The van der Waals surface area contributed by atoms with Crippen LogP contribution in [0.4, 0.5) is 0 Å². The Kier molecular flexibility index (Phi) is 5.96. The number of piperidine rings is 2. The van der Waals surface area contributed by atoms with Crippen molar-refractivity contribution in [3.63, 3.8) is 0 Å². The van der Waals surface area contributed by atoms with Crippen LogP contribution in [0.1, 0.15) is 54.9 Å². The lowest BCUT2D eigenvalue weighted by atomic mass is 9.93. The van der Waals surface area contributed by atoms with Gasteiger partial charge in [0.1, 0.15) is 6.26 Å². The third-order valence-electron chi connectivity index (χ3n) is 6.13. The van der Waals surface area contributed by atoms with Gasteiger partial charge in [0.15, 0.2) is 5.69 Å². The van der Waals surface area contributed by atoms with E-state index < -0.39 is 5.97 Å². The number of carbonyl (C=O) groups is 2. The van der Waals surface area contributed by atoms with Crippen molar-refractivity contribution in [1.29, 1.82) is 0 Å². The molecule has 1 atom stereocenters. The molecule has 0 spiro atoms. The summed E-state index contributed by atoms with van der Waals surface area (Å²) in [5.74, 6) is 0.485. The molecule has 4 rings (SSSR count). The molecule has 1 aromatic rings. The number of nitrogens with one attached hydrogen (secondary N) is 1. The summed E-state index contributed by atoms with van der Waals surface area (Å²) >= 11 is 0. The van der Waals surface area contributed by atoms with E-state index in [4.69, 9.17) is 4.42 Å². The first-order valence-corrected chi connectivity index (χ1v) is 10.4. The van der Waals surface area contributed by atoms with E-state index >= 15 is 0 Å². The normalized spacial score (nSPS) is 24.8. The van der Waals surface area contributed by atoms with Gasteiger partial charge in [0.2, 0.25) is 11.8 Å². The standard InChI is InChI=1S/C20H30N4O4/c1-27-20(26)17-13-28-18(22-17)12-23-9-6-16(7-10-23)24-8-2-3-14(11-24)19(25)21-15-4-5-15/h13-16H,2-12H2,1H3,(H,21,25). The Labute approximate surface area is 165 Å². The first kappa shape index (κ1) is 19.4. The summed E-state index contributed by atoms with van der Waals surface area (Å²) in [5.41, 5.74) is 0.219. The monoisotopic (exact) mass is 390 g/mol. The highest BCUT2D eigenvalue weighted by Gasteiger charge is 2.34. The van der Waals surface area contributed by atoms with Crippen molar-refractivity contribution in [3.8, 4) is 0 Å². The minimum absolute atomic E-state index is 0.149. The Hall–Kier alpha value is -1.93. The van der Waals surface area contributed by atoms with Crippen LogP contribution in [-0.2, 0) is 16.1 Å². The molecule has 8 heteroatoms. The third kappa shape index (κ3) is 4.72. The van der Waals surface area contributed by atoms with E-state index in [2.05, 4.69) is 24.8 Å². The van der Waals surface area contributed by atoms with E-state index in [1.54, 1.807) is 0 Å². The molecule has 154 valence electrons. The van der Waals surface area contributed by atoms with Crippen LogP contribution >= 0.6 is 0 Å². The molecule has 1 aromatic heterocycles. The highest BCUT2D eigenvalue weighted by molar-refractivity contribution is 5.86. The van der Waals surface area contributed by atoms with E-state index in [1.807, 2.05) is 0 Å². The number of carbonyl (C=O) groups excluding carboxylic acids is 2. The van der Waals surface area contributed by atoms with Crippen molar-refractivity contribution in [2.24, 2.45) is 5.92 Å². The van der Waals surface area contributed by atoms with Crippen LogP contribution < -0.4 is 5.32 Å². The van der Waals surface area contributed by atoms with Crippen molar-refractivity contribution in [3.05, 3.63) is 17.8 Å². The maximum atomic E-state index is 12.4. The lowest BCUT2D eigenvalue weighted by molar-refractivity contribution is -0.127. The lowest BCUT2D eigenvalue weighted by Crippen LogP contribution is -2.50. The van der Waals surface area contributed by atoms with Gasteiger partial charge in [-0.1, -0.05) is 0 Å². The predicted molar refractivity (Wildman–Crippen MR) is 102 cm³/mol. The number of amides is 1. The summed E-state index contributed by atoms with van der Waals surface area (Å²) in [7, 11) is 1.34. The molecule has 1 unspecified atom stereocenters. The van der Waals surface area contributed by atoms with Gasteiger partial charge in [0, 0.05) is 31.7 Å². The largest absolute Gasteiger partial charge is 0.464 e. The molecule has 3 aliphatic rings. The van der Waals surface area contributed by atoms with Crippen LogP contribution in [0.25, 0.3) is 0 Å². The van der Waals surface area contributed by atoms with Gasteiger partial charge in [-0.25, -0.2) is 9.78 Å². The number of nitrogens with zero attached hydrogens (tertiary/aromatic N) is 3. The molecule has 2 aliphatic heterocycles. The summed E-state index contributed by atoms with van der Waals surface area (Å²) < 4.78 is 10.1. The highest BCUT2D eigenvalue weighted by atomic mass is 16.5. The molecule has 28 heavy (non-hydrogen) atoms. The second kappa shape index (κ2) is 8.61. The minimum Gasteiger partial charge on any atom is -0.464 e. The van der Waals surface area contributed by atoms with Crippen LogP contribution in [0, 0.1) is 5.92 Å². The fourth-order valence-corrected chi connectivity index (χ4v) is 4.31. The second-order valence-electron chi connectivity index (χ2n) is 8.24. The smallest absolute Gasteiger partial charge is 0.360 e. The molecule has 1 amide bonds. The Morgan fingerprint density at radius 3 is 2.71 bits per heavy atom.